The molecule has 0 aliphatic rings. The van der Waals surface area contributed by atoms with Gasteiger partial charge in [0.2, 0.25) is 10.0 Å². The van der Waals surface area contributed by atoms with E-state index in [1.54, 1.807) is 24.3 Å². The number of carbonyl (C=O) groups excluding carboxylic acids is 1. The number of hydrogen-bond acceptors (Lipinski definition) is 4. The third kappa shape index (κ3) is 5.68. The van der Waals surface area contributed by atoms with Crippen LogP contribution >= 0.6 is 0 Å². The number of nitrogens with zero attached hydrogens (tertiary/aromatic N) is 1. The van der Waals surface area contributed by atoms with Gasteiger partial charge in [-0.2, -0.15) is 4.31 Å². The van der Waals surface area contributed by atoms with Crippen molar-refractivity contribution in [3.05, 3.63) is 35.9 Å². The molecule has 112 valence electrons. The fourth-order valence-corrected chi connectivity index (χ4v) is 2.45. The number of amides is 1. The molecule has 0 spiro atoms. The molecular weight excluding hydrogens is 280 g/mol. The summed E-state index contributed by atoms with van der Waals surface area (Å²) in [6, 6.07) is 8.78. The monoisotopic (exact) mass is 300 g/mol. The normalized spacial score (nSPS) is 11.6. The summed E-state index contributed by atoms with van der Waals surface area (Å²) in [4.78, 5) is 11.8. The van der Waals surface area contributed by atoms with E-state index in [4.69, 9.17) is 4.74 Å². The highest BCUT2D eigenvalue weighted by molar-refractivity contribution is 7.88. The molecule has 1 aromatic rings. The zero-order chi connectivity index (χ0) is 15.0. The third-order valence-corrected chi connectivity index (χ3v) is 4.00. The summed E-state index contributed by atoms with van der Waals surface area (Å²) in [5, 5.41) is 2.69. The molecule has 0 radical (unpaired) electrons. The van der Waals surface area contributed by atoms with Crippen LogP contribution in [0.3, 0.4) is 0 Å². The Morgan fingerprint density at radius 1 is 1.25 bits per heavy atom. The van der Waals surface area contributed by atoms with Crippen LogP contribution in [0.25, 0.3) is 0 Å². The maximum absolute atomic E-state index is 11.8. The van der Waals surface area contributed by atoms with Crippen LogP contribution in [0.4, 0.5) is 0 Å². The standard InChI is InChI=1S/C13H20N2O4S/c1-19-11-10-15(20(2,17)18)9-8-14-13(16)12-6-4-3-5-7-12/h3-7H,8-11H2,1-2H3,(H,14,16). The molecule has 0 saturated carbocycles. The third-order valence-electron chi connectivity index (χ3n) is 2.70. The van der Waals surface area contributed by atoms with Crippen LogP contribution in [0.5, 0.6) is 0 Å². The first-order valence-electron chi connectivity index (χ1n) is 6.22. The van der Waals surface area contributed by atoms with Crippen LogP contribution in [0.15, 0.2) is 30.3 Å². The van der Waals surface area contributed by atoms with E-state index in [9.17, 15) is 13.2 Å². The quantitative estimate of drug-likeness (QED) is 0.750. The van der Waals surface area contributed by atoms with Gasteiger partial charge in [0.25, 0.3) is 5.91 Å². The van der Waals surface area contributed by atoms with Crippen molar-refractivity contribution in [3.8, 4) is 0 Å². The molecule has 1 amide bonds. The van der Waals surface area contributed by atoms with Crippen molar-refractivity contribution < 1.29 is 17.9 Å². The summed E-state index contributed by atoms with van der Waals surface area (Å²) in [6.45, 7) is 1.07. The molecule has 0 unspecified atom stereocenters. The summed E-state index contributed by atoms with van der Waals surface area (Å²) >= 11 is 0. The summed E-state index contributed by atoms with van der Waals surface area (Å²) in [7, 11) is -1.79. The van der Waals surface area contributed by atoms with E-state index < -0.39 is 10.0 Å². The first kappa shape index (κ1) is 16.6. The molecular formula is C13H20N2O4S. The van der Waals surface area contributed by atoms with E-state index in [0.29, 0.717) is 12.2 Å². The Morgan fingerprint density at radius 3 is 2.45 bits per heavy atom. The van der Waals surface area contributed by atoms with Crippen LogP contribution in [-0.4, -0.2) is 58.2 Å². The number of rotatable bonds is 8. The van der Waals surface area contributed by atoms with Gasteiger partial charge in [0.05, 0.1) is 12.9 Å². The minimum Gasteiger partial charge on any atom is -0.383 e. The second kappa shape index (κ2) is 7.98. The maximum atomic E-state index is 11.8. The topological polar surface area (TPSA) is 75.7 Å². The van der Waals surface area contributed by atoms with Gasteiger partial charge in [0, 0.05) is 32.3 Å². The highest BCUT2D eigenvalue weighted by Crippen LogP contribution is 1.99. The Morgan fingerprint density at radius 2 is 1.90 bits per heavy atom. The number of sulfonamides is 1. The Kier molecular flexibility index (Phi) is 6.63. The highest BCUT2D eigenvalue weighted by atomic mass is 32.2. The molecule has 0 saturated heterocycles. The maximum Gasteiger partial charge on any atom is 0.251 e. The van der Waals surface area contributed by atoms with E-state index in [0.717, 1.165) is 6.26 Å². The molecule has 0 bridgehead atoms. The predicted octanol–water partition coefficient (Wildman–Crippen LogP) is 0.324. The fraction of sp³-hybridized carbons (Fsp3) is 0.462. The average molecular weight is 300 g/mol. The molecule has 1 aromatic carbocycles. The van der Waals surface area contributed by atoms with Crippen molar-refractivity contribution in [2.24, 2.45) is 0 Å². The summed E-state index contributed by atoms with van der Waals surface area (Å²) < 4.78 is 29.2. The number of carbonyl (C=O) groups is 1. The van der Waals surface area contributed by atoms with Gasteiger partial charge in [0.15, 0.2) is 0 Å². The lowest BCUT2D eigenvalue weighted by molar-refractivity contribution is 0.0950. The van der Waals surface area contributed by atoms with E-state index in [1.165, 1.54) is 11.4 Å². The summed E-state index contributed by atoms with van der Waals surface area (Å²) in [6.07, 6.45) is 1.14. The minimum absolute atomic E-state index is 0.217. The number of methoxy groups -OCH3 is 1. The highest BCUT2D eigenvalue weighted by Gasteiger charge is 2.16. The second-order valence-electron chi connectivity index (χ2n) is 4.28. The molecule has 0 aliphatic carbocycles. The van der Waals surface area contributed by atoms with E-state index in [-0.39, 0.29) is 25.5 Å². The molecule has 7 heteroatoms. The molecule has 0 fully saturated rings. The van der Waals surface area contributed by atoms with E-state index in [1.807, 2.05) is 6.07 Å². The van der Waals surface area contributed by atoms with Gasteiger partial charge in [-0.05, 0) is 12.1 Å². The fourth-order valence-electron chi connectivity index (χ4n) is 1.62. The second-order valence-corrected chi connectivity index (χ2v) is 6.26. The zero-order valence-corrected chi connectivity index (χ0v) is 12.5. The first-order chi connectivity index (χ1) is 9.45. The van der Waals surface area contributed by atoms with E-state index in [2.05, 4.69) is 5.32 Å². The number of nitrogens with one attached hydrogen (secondary N) is 1. The lowest BCUT2D eigenvalue weighted by Crippen LogP contribution is -2.39. The number of benzene rings is 1. The SMILES string of the molecule is COCCN(CCNC(=O)c1ccccc1)S(C)(=O)=O. The van der Waals surface area contributed by atoms with Gasteiger partial charge >= 0.3 is 0 Å². The van der Waals surface area contributed by atoms with Crippen LogP contribution < -0.4 is 5.32 Å². The Hall–Kier alpha value is -1.44. The molecule has 0 aliphatic heterocycles. The van der Waals surface area contributed by atoms with Crippen LogP contribution in [0.1, 0.15) is 10.4 Å². The van der Waals surface area contributed by atoms with Crippen molar-refractivity contribution in [1.82, 2.24) is 9.62 Å². The average Bonchev–Trinajstić information content (AvgIpc) is 2.42. The molecule has 0 atom stereocenters. The van der Waals surface area contributed by atoms with Crippen molar-refractivity contribution in [2.75, 3.05) is 39.6 Å². The van der Waals surface area contributed by atoms with Crippen LogP contribution in [-0.2, 0) is 14.8 Å². The van der Waals surface area contributed by atoms with Gasteiger partial charge in [-0.1, -0.05) is 18.2 Å². The van der Waals surface area contributed by atoms with E-state index >= 15 is 0 Å². The Labute approximate surface area is 119 Å². The molecule has 6 nitrogen and oxygen atoms in total. The minimum atomic E-state index is -3.30. The van der Waals surface area contributed by atoms with Gasteiger partial charge in [-0.3, -0.25) is 4.79 Å². The van der Waals surface area contributed by atoms with Crippen molar-refractivity contribution in [3.63, 3.8) is 0 Å². The van der Waals surface area contributed by atoms with Gasteiger partial charge in [0.1, 0.15) is 0 Å². The van der Waals surface area contributed by atoms with Gasteiger partial charge in [-0.25, -0.2) is 8.42 Å². The lowest BCUT2D eigenvalue weighted by Gasteiger charge is -2.19. The van der Waals surface area contributed by atoms with Gasteiger partial charge in [-0.15, -0.1) is 0 Å². The van der Waals surface area contributed by atoms with Crippen molar-refractivity contribution in [1.29, 1.82) is 0 Å². The van der Waals surface area contributed by atoms with Crippen molar-refractivity contribution in [2.45, 2.75) is 0 Å². The lowest BCUT2D eigenvalue weighted by atomic mass is 10.2. The Bertz CT molecular complexity index is 516. The molecule has 1 rings (SSSR count). The molecule has 0 heterocycles. The number of hydrogen-bond donors (Lipinski definition) is 1. The zero-order valence-electron chi connectivity index (χ0n) is 11.7. The smallest absolute Gasteiger partial charge is 0.251 e. The molecule has 1 N–H and O–H groups in total. The molecule has 0 aromatic heterocycles. The Balaban J connectivity index is 2.46. The van der Waals surface area contributed by atoms with Crippen molar-refractivity contribution >= 4 is 15.9 Å². The van der Waals surface area contributed by atoms with Gasteiger partial charge < -0.3 is 10.1 Å². The van der Waals surface area contributed by atoms with Crippen LogP contribution in [0, 0.1) is 0 Å². The molecule has 20 heavy (non-hydrogen) atoms. The van der Waals surface area contributed by atoms with Crippen LogP contribution in [0.2, 0.25) is 0 Å². The summed E-state index contributed by atoms with van der Waals surface area (Å²) in [5.74, 6) is -0.217. The summed E-state index contributed by atoms with van der Waals surface area (Å²) in [5.41, 5.74) is 0.551. The predicted molar refractivity (Wildman–Crippen MR) is 77.1 cm³/mol. The number of ether oxygens (including phenoxy) is 1. The largest absolute Gasteiger partial charge is 0.383 e. The first-order valence-corrected chi connectivity index (χ1v) is 8.07.